The lowest BCUT2D eigenvalue weighted by Gasteiger charge is -2.38. The molecule has 2 aromatic rings. The van der Waals surface area contributed by atoms with Gasteiger partial charge in [-0.3, -0.25) is 0 Å². The minimum Gasteiger partial charge on any atom is -0.377 e. The van der Waals surface area contributed by atoms with E-state index >= 15 is 0 Å². The first-order valence-electron chi connectivity index (χ1n) is 7.31. The van der Waals surface area contributed by atoms with Gasteiger partial charge in [0.25, 0.3) is 0 Å². The summed E-state index contributed by atoms with van der Waals surface area (Å²) in [5.74, 6) is 0.965. The van der Waals surface area contributed by atoms with E-state index in [9.17, 15) is 0 Å². The second-order valence-corrected chi connectivity index (χ2v) is 7.52. The highest BCUT2D eigenvalue weighted by molar-refractivity contribution is 9.10. The molecule has 0 spiro atoms. The molecule has 22 heavy (non-hydrogen) atoms. The van der Waals surface area contributed by atoms with E-state index < -0.39 is 0 Å². The van der Waals surface area contributed by atoms with Crippen molar-refractivity contribution in [2.75, 3.05) is 5.32 Å². The molecular weight excluding hydrogens is 381 g/mol. The van der Waals surface area contributed by atoms with Gasteiger partial charge in [0.05, 0.1) is 21.8 Å². The highest BCUT2D eigenvalue weighted by Gasteiger charge is 2.38. The van der Waals surface area contributed by atoms with Crippen molar-refractivity contribution >= 4 is 44.8 Å². The zero-order chi connectivity index (χ0) is 15.3. The minimum absolute atomic E-state index is 0.237. The lowest BCUT2D eigenvalue weighted by Crippen LogP contribution is -2.29. The number of allylic oxidation sites excluding steroid dienone is 2. The molecule has 1 aliphatic heterocycles. The van der Waals surface area contributed by atoms with E-state index in [-0.39, 0.29) is 6.04 Å². The molecular formula is C18H14BrCl2N. The van der Waals surface area contributed by atoms with Gasteiger partial charge in [0, 0.05) is 10.4 Å². The number of benzene rings is 2. The summed E-state index contributed by atoms with van der Waals surface area (Å²) in [5.41, 5.74) is 3.74. The SMILES string of the molecule is Clc1ccc([C@@H]2Nc3c(Br)cccc3[C@@H]3C=CC[C@@H]32)cc1Cl. The second-order valence-electron chi connectivity index (χ2n) is 5.85. The van der Waals surface area contributed by atoms with Crippen LogP contribution in [0, 0.1) is 5.92 Å². The summed E-state index contributed by atoms with van der Waals surface area (Å²) in [5, 5.41) is 4.92. The molecule has 4 rings (SSSR count). The van der Waals surface area contributed by atoms with Crippen LogP contribution in [0.3, 0.4) is 0 Å². The maximum atomic E-state index is 6.22. The molecule has 1 heterocycles. The number of nitrogens with one attached hydrogen (secondary N) is 1. The molecule has 0 aromatic heterocycles. The molecule has 0 saturated carbocycles. The van der Waals surface area contributed by atoms with Crippen LogP contribution in [0.1, 0.15) is 29.5 Å². The highest BCUT2D eigenvalue weighted by atomic mass is 79.9. The number of rotatable bonds is 1. The van der Waals surface area contributed by atoms with Gasteiger partial charge < -0.3 is 5.32 Å². The molecule has 1 nitrogen and oxygen atoms in total. The van der Waals surface area contributed by atoms with Crippen LogP contribution in [0.5, 0.6) is 0 Å². The highest BCUT2D eigenvalue weighted by Crippen LogP contribution is 2.51. The third kappa shape index (κ3) is 2.29. The monoisotopic (exact) mass is 393 g/mol. The normalized spacial score (nSPS) is 25.5. The average Bonchev–Trinajstić information content (AvgIpc) is 3.00. The number of fused-ring (bicyclic) bond motifs is 3. The number of anilines is 1. The molecule has 0 radical (unpaired) electrons. The number of hydrogen-bond donors (Lipinski definition) is 1. The molecule has 0 saturated heterocycles. The zero-order valence-electron chi connectivity index (χ0n) is 11.7. The van der Waals surface area contributed by atoms with Crippen molar-refractivity contribution in [2.45, 2.75) is 18.4 Å². The fraction of sp³-hybridized carbons (Fsp3) is 0.222. The van der Waals surface area contributed by atoms with Gasteiger partial charge in [-0.2, -0.15) is 0 Å². The van der Waals surface area contributed by atoms with Crippen molar-refractivity contribution in [3.05, 3.63) is 74.2 Å². The molecule has 1 N–H and O–H groups in total. The number of hydrogen-bond acceptors (Lipinski definition) is 1. The Bertz CT molecular complexity index is 772. The summed E-state index contributed by atoms with van der Waals surface area (Å²) in [6.07, 6.45) is 5.70. The third-order valence-corrected chi connectivity index (χ3v) is 6.05. The van der Waals surface area contributed by atoms with E-state index in [1.54, 1.807) is 0 Å². The van der Waals surface area contributed by atoms with Crippen LogP contribution in [0.25, 0.3) is 0 Å². The fourth-order valence-corrected chi connectivity index (χ4v) is 4.42. The van der Waals surface area contributed by atoms with Crippen LogP contribution in [-0.4, -0.2) is 0 Å². The predicted octanol–water partition coefficient (Wildman–Crippen LogP) is 6.58. The Morgan fingerprint density at radius 3 is 2.77 bits per heavy atom. The summed E-state index contributed by atoms with van der Waals surface area (Å²) in [4.78, 5) is 0. The van der Waals surface area contributed by atoms with Crippen molar-refractivity contribution < 1.29 is 0 Å². The molecule has 0 bridgehead atoms. The van der Waals surface area contributed by atoms with E-state index in [0.717, 1.165) is 10.9 Å². The van der Waals surface area contributed by atoms with Crippen LogP contribution in [0.4, 0.5) is 5.69 Å². The summed E-state index contributed by atoms with van der Waals surface area (Å²) in [6, 6.07) is 12.6. The molecule has 0 fully saturated rings. The minimum atomic E-state index is 0.237. The second kappa shape index (κ2) is 5.59. The third-order valence-electron chi connectivity index (χ3n) is 4.65. The van der Waals surface area contributed by atoms with Crippen LogP contribution < -0.4 is 5.32 Å². The first-order chi connectivity index (χ1) is 10.6. The Morgan fingerprint density at radius 1 is 1.09 bits per heavy atom. The Kier molecular flexibility index (Phi) is 3.72. The standard InChI is InChI=1S/C18H14BrCl2N/c19-14-6-2-5-13-11-3-1-4-12(11)17(22-18(13)14)10-7-8-15(20)16(21)9-10/h1-3,5-9,11-12,17,22H,4H2/t11-,12+,17+/m1/s1. The Balaban J connectivity index is 1.82. The molecule has 2 aliphatic rings. The molecule has 4 heteroatoms. The van der Waals surface area contributed by atoms with Crippen LogP contribution >= 0.6 is 39.1 Å². The van der Waals surface area contributed by atoms with Gasteiger partial charge in [-0.25, -0.2) is 0 Å². The van der Waals surface area contributed by atoms with Crippen LogP contribution in [0.2, 0.25) is 10.0 Å². The van der Waals surface area contributed by atoms with Crippen molar-refractivity contribution in [1.29, 1.82) is 0 Å². The van der Waals surface area contributed by atoms with Gasteiger partial charge >= 0.3 is 0 Å². The number of para-hydroxylation sites is 1. The van der Waals surface area contributed by atoms with Crippen molar-refractivity contribution in [3.8, 4) is 0 Å². The average molecular weight is 395 g/mol. The topological polar surface area (TPSA) is 12.0 Å². The zero-order valence-corrected chi connectivity index (χ0v) is 14.8. The Hall–Kier alpha value is -0.960. The smallest absolute Gasteiger partial charge is 0.0595 e. The molecule has 3 atom stereocenters. The maximum absolute atomic E-state index is 6.22. The lowest BCUT2D eigenvalue weighted by atomic mass is 9.77. The van der Waals surface area contributed by atoms with Crippen molar-refractivity contribution in [1.82, 2.24) is 0 Å². The summed E-state index contributed by atoms with van der Waals surface area (Å²) >= 11 is 16.0. The van der Waals surface area contributed by atoms with Gasteiger partial charge in [0.1, 0.15) is 0 Å². The van der Waals surface area contributed by atoms with E-state index in [2.05, 4.69) is 57.7 Å². The Morgan fingerprint density at radius 2 is 1.95 bits per heavy atom. The molecule has 112 valence electrons. The molecule has 1 aliphatic carbocycles. The molecule has 0 unspecified atom stereocenters. The van der Waals surface area contributed by atoms with Gasteiger partial charge in [-0.15, -0.1) is 0 Å². The van der Waals surface area contributed by atoms with Gasteiger partial charge in [0.2, 0.25) is 0 Å². The van der Waals surface area contributed by atoms with E-state index in [0.29, 0.717) is 21.9 Å². The van der Waals surface area contributed by atoms with Crippen LogP contribution in [-0.2, 0) is 0 Å². The molecule has 0 amide bonds. The number of halogens is 3. The van der Waals surface area contributed by atoms with E-state index in [1.807, 2.05) is 12.1 Å². The quantitative estimate of drug-likeness (QED) is 0.538. The Labute approximate surface area is 148 Å². The largest absolute Gasteiger partial charge is 0.377 e. The first-order valence-corrected chi connectivity index (χ1v) is 8.86. The first kappa shape index (κ1) is 14.6. The summed E-state index contributed by atoms with van der Waals surface area (Å²) in [7, 11) is 0. The fourth-order valence-electron chi connectivity index (χ4n) is 3.62. The summed E-state index contributed by atoms with van der Waals surface area (Å²) in [6.45, 7) is 0. The van der Waals surface area contributed by atoms with Gasteiger partial charge in [-0.1, -0.05) is 53.6 Å². The predicted molar refractivity (Wildman–Crippen MR) is 97.0 cm³/mol. The maximum Gasteiger partial charge on any atom is 0.0595 e. The van der Waals surface area contributed by atoms with Crippen LogP contribution in [0.15, 0.2) is 53.0 Å². The van der Waals surface area contributed by atoms with E-state index in [4.69, 9.17) is 23.2 Å². The van der Waals surface area contributed by atoms with Gasteiger partial charge in [0.15, 0.2) is 0 Å². The van der Waals surface area contributed by atoms with Crippen molar-refractivity contribution in [3.63, 3.8) is 0 Å². The van der Waals surface area contributed by atoms with Crippen molar-refractivity contribution in [2.24, 2.45) is 5.92 Å². The van der Waals surface area contributed by atoms with E-state index in [1.165, 1.54) is 16.8 Å². The molecule has 2 aromatic carbocycles. The van der Waals surface area contributed by atoms with Gasteiger partial charge in [-0.05, 0) is 57.6 Å². The summed E-state index contributed by atoms with van der Waals surface area (Å²) < 4.78 is 1.11. The lowest BCUT2D eigenvalue weighted by molar-refractivity contribution is 0.425.